The fraction of sp³-hybridized carbons (Fsp3) is 0.0952. The van der Waals surface area contributed by atoms with E-state index in [1.807, 2.05) is 18.2 Å². The lowest BCUT2D eigenvalue weighted by Crippen LogP contribution is -2.15. The Hall–Kier alpha value is -2.53. The largest absolute Gasteiger partial charge is 0.496 e. The van der Waals surface area contributed by atoms with Crippen LogP contribution in [0.2, 0.25) is 10.0 Å². The molecule has 0 aliphatic rings. The summed E-state index contributed by atoms with van der Waals surface area (Å²) in [6.45, 7) is 0. The molecule has 2 N–H and O–H groups in total. The second-order valence-corrected chi connectivity index (χ2v) is 6.72. The van der Waals surface area contributed by atoms with Gasteiger partial charge in [-0.3, -0.25) is 4.79 Å². The molecule has 138 valence electrons. The van der Waals surface area contributed by atoms with Crippen molar-refractivity contribution in [3.8, 4) is 5.75 Å². The quantitative estimate of drug-likeness (QED) is 0.606. The fourth-order valence-electron chi connectivity index (χ4n) is 2.74. The molecule has 6 heteroatoms. The Balaban J connectivity index is 1.96. The maximum Gasteiger partial charge on any atom is 0.259 e. The van der Waals surface area contributed by atoms with E-state index < -0.39 is 12.0 Å². The van der Waals surface area contributed by atoms with Crippen LogP contribution in [0, 0.1) is 0 Å². The number of halogens is 2. The molecule has 0 saturated heterocycles. The summed E-state index contributed by atoms with van der Waals surface area (Å²) in [6, 6.07) is 18.9. The van der Waals surface area contributed by atoms with Crippen LogP contribution < -0.4 is 10.1 Å². The van der Waals surface area contributed by atoms with Crippen molar-refractivity contribution in [2.45, 2.75) is 6.10 Å². The third-order valence-corrected chi connectivity index (χ3v) is 4.55. The molecule has 0 bridgehead atoms. The summed E-state index contributed by atoms with van der Waals surface area (Å²) < 4.78 is 5.24. The minimum atomic E-state index is -0.943. The van der Waals surface area contributed by atoms with Crippen LogP contribution in [0.15, 0.2) is 66.7 Å². The van der Waals surface area contributed by atoms with Crippen molar-refractivity contribution in [3.63, 3.8) is 0 Å². The number of amides is 1. The number of hydrogen-bond acceptors (Lipinski definition) is 3. The van der Waals surface area contributed by atoms with E-state index in [9.17, 15) is 9.90 Å². The average Bonchev–Trinajstić information content (AvgIpc) is 2.69. The van der Waals surface area contributed by atoms with Gasteiger partial charge in [0.1, 0.15) is 11.9 Å². The second-order valence-electron chi connectivity index (χ2n) is 5.84. The molecular weight excluding hydrogens is 385 g/mol. The van der Waals surface area contributed by atoms with Gasteiger partial charge in [0, 0.05) is 21.3 Å². The lowest BCUT2D eigenvalue weighted by atomic mass is 9.99. The number of benzene rings is 3. The predicted molar refractivity (Wildman–Crippen MR) is 108 cm³/mol. The smallest absolute Gasteiger partial charge is 0.259 e. The lowest BCUT2D eigenvalue weighted by molar-refractivity contribution is 0.102. The van der Waals surface area contributed by atoms with E-state index in [0.29, 0.717) is 38.2 Å². The Morgan fingerprint density at radius 1 is 1.00 bits per heavy atom. The molecule has 27 heavy (non-hydrogen) atoms. The standard InChI is InChI=1S/C21H17Cl2NO3/c1-27-19-10-8-15(23)12-17(19)21(26)24-18-9-7-14(22)11-16(18)20(25)13-5-3-2-4-6-13/h2-12,20,25H,1H3,(H,24,26). The Bertz CT molecular complexity index is 961. The van der Waals surface area contributed by atoms with Gasteiger partial charge >= 0.3 is 0 Å². The van der Waals surface area contributed by atoms with Crippen molar-refractivity contribution in [1.82, 2.24) is 0 Å². The van der Waals surface area contributed by atoms with Crippen LogP contribution in [0.1, 0.15) is 27.6 Å². The van der Waals surface area contributed by atoms with Crippen molar-refractivity contribution in [1.29, 1.82) is 0 Å². The van der Waals surface area contributed by atoms with Crippen molar-refractivity contribution in [3.05, 3.63) is 93.5 Å². The van der Waals surface area contributed by atoms with Gasteiger partial charge in [-0.1, -0.05) is 53.5 Å². The molecule has 0 aliphatic carbocycles. The number of rotatable bonds is 5. The van der Waals surface area contributed by atoms with Crippen LogP contribution in [0.5, 0.6) is 5.75 Å². The van der Waals surface area contributed by atoms with E-state index in [4.69, 9.17) is 27.9 Å². The maximum absolute atomic E-state index is 12.8. The molecule has 0 fully saturated rings. The molecule has 4 nitrogen and oxygen atoms in total. The molecule has 3 aromatic rings. The number of hydrogen-bond donors (Lipinski definition) is 2. The first-order chi connectivity index (χ1) is 13.0. The number of anilines is 1. The summed E-state index contributed by atoms with van der Waals surface area (Å²) in [5.74, 6) is -0.00537. The number of ether oxygens (including phenoxy) is 1. The molecule has 0 heterocycles. The Morgan fingerprint density at radius 3 is 2.37 bits per heavy atom. The van der Waals surface area contributed by atoms with Gasteiger partial charge in [0.25, 0.3) is 5.91 Å². The van der Waals surface area contributed by atoms with Crippen LogP contribution in [-0.2, 0) is 0 Å². The van der Waals surface area contributed by atoms with E-state index in [1.54, 1.807) is 42.5 Å². The van der Waals surface area contributed by atoms with Gasteiger partial charge in [0.15, 0.2) is 0 Å². The van der Waals surface area contributed by atoms with Crippen molar-refractivity contribution < 1.29 is 14.6 Å². The summed E-state index contributed by atoms with van der Waals surface area (Å²) in [4.78, 5) is 12.8. The number of aliphatic hydroxyl groups is 1. The van der Waals surface area contributed by atoms with E-state index in [1.165, 1.54) is 13.2 Å². The molecular formula is C21H17Cl2NO3. The zero-order chi connectivity index (χ0) is 19.4. The van der Waals surface area contributed by atoms with Crippen LogP contribution in [0.4, 0.5) is 5.69 Å². The first-order valence-corrected chi connectivity index (χ1v) is 8.92. The molecule has 0 spiro atoms. The predicted octanol–water partition coefficient (Wildman–Crippen LogP) is 5.34. The molecule has 3 rings (SSSR count). The van der Waals surface area contributed by atoms with E-state index in [-0.39, 0.29) is 0 Å². The SMILES string of the molecule is COc1ccc(Cl)cc1C(=O)Nc1ccc(Cl)cc1C(O)c1ccccc1. The Labute approximate surface area is 167 Å². The van der Waals surface area contributed by atoms with Crippen LogP contribution >= 0.6 is 23.2 Å². The lowest BCUT2D eigenvalue weighted by Gasteiger charge is -2.18. The summed E-state index contributed by atoms with van der Waals surface area (Å²) in [5.41, 5.74) is 1.92. The third-order valence-electron chi connectivity index (χ3n) is 4.08. The molecule has 1 unspecified atom stereocenters. The molecule has 1 amide bonds. The van der Waals surface area contributed by atoms with Crippen LogP contribution in [0.25, 0.3) is 0 Å². The molecule has 0 aliphatic heterocycles. The second kappa shape index (κ2) is 8.44. The first-order valence-electron chi connectivity index (χ1n) is 8.17. The van der Waals surface area contributed by atoms with Crippen LogP contribution in [0.3, 0.4) is 0 Å². The minimum absolute atomic E-state index is 0.292. The minimum Gasteiger partial charge on any atom is -0.496 e. The molecule has 0 radical (unpaired) electrons. The van der Waals surface area contributed by atoms with Crippen LogP contribution in [-0.4, -0.2) is 18.1 Å². The Morgan fingerprint density at radius 2 is 1.67 bits per heavy atom. The monoisotopic (exact) mass is 401 g/mol. The normalized spacial score (nSPS) is 11.7. The van der Waals surface area contributed by atoms with Gasteiger partial charge in [-0.15, -0.1) is 0 Å². The van der Waals surface area contributed by atoms with E-state index >= 15 is 0 Å². The highest BCUT2D eigenvalue weighted by Gasteiger charge is 2.19. The van der Waals surface area contributed by atoms with Gasteiger partial charge in [0.2, 0.25) is 0 Å². The average molecular weight is 402 g/mol. The molecule has 0 saturated carbocycles. The third kappa shape index (κ3) is 4.42. The van der Waals surface area contributed by atoms with Gasteiger partial charge in [-0.05, 0) is 42.0 Å². The van der Waals surface area contributed by atoms with Gasteiger partial charge in [-0.2, -0.15) is 0 Å². The fourth-order valence-corrected chi connectivity index (χ4v) is 3.09. The maximum atomic E-state index is 12.8. The molecule has 3 aromatic carbocycles. The summed E-state index contributed by atoms with van der Waals surface area (Å²) in [5, 5.41) is 14.5. The summed E-state index contributed by atoms with van der Waals surface area (Å²) in [6.07, 6.45) is -0.943. The van der Waals surface area contributed by atoms with Gasteiger partial charge in [-0.25, -0.2) is 0 Å². The highest BCUT2D eigenvalue weighted by Crippen LogP contribution is 2.32. The van der Waals surface area contributed by atoms with Crippen molar-refractivity contribution >= 4 is 34.8 Å². The van der Waals surface area contributed by atoms with Crippen molar-refractivity contribution in [2.24, 2.45) is 0 Å². The van der Waals surface area contributed by atoms with E-state index in [2.05, 4.69) is 5.32 Å². The highest BCUT2D eigenvalue weighted by molar-refractivity contribution is 6.31. The van der Waals surface area contributed by atoms with E-state index in [0.717, 1.165) is 0 Å². The number of aliphatic hydroxyl groups excluding tert-OH is 1. The van der Waals surface area contributed by atoms with Gasteiger partial charge in [0.05, 0.1) is 12.7 Å². The first kappa shape index (κ1) is 19.2. The summed E-state index contributed by atoms with van der Waals surface area (Å²) >= 11 is 12.1. The molecule has 1 atom stereocenters. The highest BCUT2D eigenvalue weighted by atomic mass is 35.5. The molecule has 0 aromatic heterocycles. The zero-order valence-corrected chi connectivity index (χ0v) is 16.0. The topological polar surface area (TPSA) is 58.6 Å². The number of methoxy groups -OCH3 is 1. The number of carbonyl (C=O) groups is 1. The van der Waals surface area contributed by atoms with Gasteiger partial charge < -0.3 is 15.2 Å². The van der Waals surface area contributed by atoms with Crippen molar-refractivity contribution in [2.75, 3.05) is 12.4 Å². The summed E-state index contributed by atoms with van der Waals surface area (Å²) in [7, 11) is 1.48. The zero-order valence-electron chi connectivity index (χ0n) is 14.4. The number of nitrogens with one attached hydrogen (secondary N) is 1. The number of carbonyl (C=O) groups excluding carboxylic acids is 1. The Kier molecular flexibility index (Phi) is 6.01.